The van der Waals surface area contributed by atoms with Crippen LogP contribution in [0, 0.1) is 13.8 Å². The molecule has 1 unspecified atom stereocenters. The van der Waals surface area contributed by atoms with E-state index in [4.69, 9.17) is 10.5 Å². The second-order valence-corrected chi connectivity index (χ2v) is 6.94. The van der Waals surface area contributed by atoms with Crippen molar-refractivity contribution in [3.8, 4) is 5.75 Å². The molecule has 0 aliphatic heterocycles. The summed E-state index contributed by atoms with van der Waals surface area (Å²) in [6, 6.07) is 3.23. The fourth-order valence-corrected chi connectivity index (χ4v) is 4.14. The van der Waals surface area contributed by atoms with Crippen LogP contribution in [-0.4, -0.2) is 28.1 Å². The predicted molar refractivity (Wildman–Crippen MR) is 85.2 cm³/mol. The zero-order valence-electron chi connectivity index (χ0n) is 13.3. The summed E-state index contributed by atoms with van der Waals surface area (Å²) in [5.41, 5.74) is 7.02. The fourth-order valence-electron chi connectivity index (χ4n) is 2.41. The molecule has 1 atom stereocenters. The number of nitrogens with one attached hydrogen (secondary N) is 1. The highest BCUT2D eigenvalue weighted by molar-refractivity contribution is 7.89. The average Bonchev–Trinajstić information content (AvgIpc) is 2.41. The predicted octanol–water partition coefficient (Wildman–Crippen LogP) is 2.11. The van der Waals surface area contributed by atoms with Crippen molar-refractivity contribution in [2.75, 3.05) is 13.7 Å². The number of hydrogen-bond donors (Lipinski definition) is 2. The van der Waals surface area contributed by atoms with Gasteiger partial charge < -0.3 is 10.5 Å². The van der Waals surface area contributed by atoms with Crippen molar-refractivity contribution in [1.29, 1.82) is 0 Å². The lowest BCUT2D eigenvalue weighted by Gasteiger charge is -2.19. The van der Waals surface area contributed by atoms with E-state index in [9.17, 15) is 8.42 Å². The van der Waals surface area contributed by atoms with Gasteiger partial charge in [-0.1, -0.05) is 19.8 Å². The van der Waals surface area contributed by atoms with Crippen LogP contribution in [0.15, 0.2) is 17.0 Å². The van der Waals surface area contributed by atoms with E-state index in [1.165, 1.54) is 0 Å². The van der Waals surface area contributed by atoms with E-state index < -0.39 is 10.0 Å². The molecule has 6 heteroatoms. The summed E-state index contributed by atoms with van der Waals surface area (Å²) in [6.45, 7) is 5.91. The Hall–Kier alpha value is -1.11. The molecule has 0 aliphatic carbocycles. The van der Waals surface area contributed by atoms with Gasteiger partial charge in [0.05, 0.1) is 12.0 Å². The zero-order chi connectivity index (χ0) is 16.0. The molecule has 1 rings (SSSR count). The lowest BCUT2D eigenvalue weighted by molar-refractivity contribution is 0.413. The first-order valence-corrected chi connectivity index (χ1v) is 8.71. The Labute approximate surface area is 127 Å². The van der Waals surface area contributed by atoms with E-state index >= 15 is 0 Å². The Morgan fingerprint density at radius 1 is 1.29 bits per heavy atom. The van der Waals surface area contributed by atoms with E-state index in [-0.39, 0.29) is 6.04 Å². The first kappa shape index (κ1) is 17.9. The molecule has 0 aliphatic rings. The first-order valence-electron chi connectivity index (χ1n) is 7.23. The number of methoxy groups -OCH3 is 1. The average molecular weight is 314 g/mol. The summed E-state index contributed by atoms with van der Waals surface area (Å²) in [7, 11) is -2.01. The van der Waals surface area contributed by atoms with E-state index in [0.717, 1.165) is 19.3 Å². The molecule has 0 heterocycles. The molecule has 21 heavy (non-hydrogen) atoms. The van der Waals surface area contributed by atoms with Crippen molar-refractivity contribution in [3.05, 3.63) is 23.3 Å². The largest absolute Gasteiger partial charge is 0.497 e. The van der Waals surface area contributed by atoms with Gasteiger partial charge in [-0.05, 0) is 43.5 Å². The molecule has 0 saturated heterocycles. The van der Waals surface area contributed by atoms with Crippen LogP contribution >= 0.6 is 0 Å². The van der Waals surface area contributed by atoms with Crippen LogP contribution in [0.3, 0.4) is 0 Å². The highest BCUT2D eigenvalue weighted by atomic mass is 32.2. The zero-order valence-corrected chi connectivity index (χ0v) is 14.1. The van der Waals surface area contributed by atoms with Crippen molar-refractivity contribution in [3.63, 3.8) is 0 Å². The minimum Gasteiger partial charge on any atom is -0.497 e. The second-order valence-electron chi connectivity index (χ2n) is 5.29. The van der Waals surface area contributed by atoms with Crippen LogP contribution in [-0.2, 0) is 10.0 Å². The molecule has 1 aromatic carbocycles. The first-order chi connectivity index (χ1) is 9.85. The number of aryl methyl sites for hydroxylation is 2. The highest BCUT2D eigenvalue weighted by Crippen LogP contribution is 2.25. The molecule has 0 radical (unpaired) electrons. The van der Waals surface area contributed by atoms with Gasteiger partial charge >= 0.3 is 0 Å². The summed E-state index contributed by atoms with van der Waals surface area (Å²) in [6.07, 6.45) is 2.71. The number of ether oxygens (including phenoxy) is 1. The third-order valence-electron chi connectivity index (χ3n) is 3.45. The maximum Gasteiger partial charge on any atom is 0.241 e. The van der Waals surface area contributed by atoms with Crippen molar-refractivity contribution in [1.82, 2.24) is 4.72 Å². The minimum absolute atomic E-state index is 0.226. The summed E-state index contributed by atoms with van der Waals surface area (Å²) < 4.78 is 33.1. The smallest absolute Gasteiger partial charge is 0.241 e. The Balaban J connectivity index is 3.07. The van der Waals surface area contributed by atoms with Crippen molar-refractivity contribution in [2.24, 2.45) is 5.73 Å². The van der Waals surface area contributed by atoms with Gasteiger partial charge in [0.2, 0.25) is 10.0 Å². The molecule has 5 nitrogen and oxygen atoms in total. The quantitative estimate of drug-likeness (QED) is 0.770. The minimum atomic E-state index is -3.57. The highest BCUT2D eigenvalue weighted by Gasteiger charge is 2.23. The number of rotatable bonds is 8. The molecule has 120 valence electrons. The summed E-state index contributed by atoms with van der Waals surface area (Å²) >= 11 is 0. The van der Waals surface area contributed by atoms with Gasteiger partial charge in [-0.25, -0.2) is 13.1 Å². The molecular formula is C15H26N2O3S. The van der Waals surface area contributed by atoms with Crippen LogP contribution in [0.2, 0.25) is 0 Å². The molecule has 0 amide bonds. The van der Waals surface area contributed by atoms with Crippen LogP contribution < -0.4 is 15.2 Å². The standard InChI is InChI=1S/C15H26N2O3S/c1-5-6-7-13(10-16)17-21(18,19)15-11(2)8-14(20-4)9-12(15)3/h8-9,13,17H,5-7,10,16H2,1-4H3. The second kappa shape index (κ2) is 7.77. The third-order valence-corrected chi connectivity index (χ3v) is 5.28. The van der Waals surface area contributed by atoms with Gasteiger partial charge in [0, 0.05) is 12.6 Å². The Bertz CT molecular complexity index is 547. The van der Waals surface area contributed by atoms with Gasteiger partial charge in [0.1, 0.15) is 5.75 Å². The van der Waals surface area contributed by atoms with Crippen molar-refractivity contribution >= 4 is 10.0 Å². The topological polar surface area (TPSA) is 81.4 Å². The molecule has 3 N–H and O–H groups in total. The molecule has 1 aromatic rings. The van der Waals surface area contributed by atoms with Gasteiger partial charge in [-0.15, -0.1) is 0 Å². The number of benzene rings is 1. The van der Waals surface area contributed by atoms with E-state index in [1.54, 1.807) is 33.1 Å². The lowest BCUT2D eigenvalue weighted by atomic mass is 10.1. The van der Waals surface area contributed by atoms with Gasteiger partial charge in [0.25, 0.3) is 0 Å². The molecule has 0 aromatic heterocycles. The Morgan fingerprint density at radius 3 is 2.29 bits per heavy atom. The van der Waals surface area contributed by atoms with Gasteiger partial charge in [0.15, 0.2) is 0 Å². The van der Waals surface area contributed by atoms with Crippen LogP contribution in [0.5, 0.6) is 5.75 Å². The van der Waals surface area contributed by atoms with E-state index in [1.807, 2.05) is 0 Å². The van der Waals surface area contributed by atoms with E-state index in [0.29, 0.717) is 28.3 Å². The van der Waals surface area contributed by atoms with Gasteiger partial charge in [-0.2, -0.15) is 0 Å². The maximum atomic E-state index is 12.6. The number of unbranched alkanes of at least 4 members (excludes halogenated alkanes) is 1. The van der Waals surface area contributed by atoms with Crippen molar-refractivity contribution < 1.29 is 13.2 Å². The van der Waals surface area contributed by atoms with E-state index in [2.05, 4.69) is 11.6 Å². The summed E-state index contributed by atoms with van der Waals surface area (Å²) in [5.74, 6) is 0.658. The Morgan fingerprint density at radius 2 is 1.86 bits per heavy atom. The Kier molecular flexibility index (Phi) is 6.64. The fraction of sp³-hybridized carbons (Fsp3) is 0.600. The summed E-state index contributed by atoms with van der Waals surface area (Å²) in [4.78, 5) is 0.318. The molecular weight excluding hydrogens is 288 g/mol. The SMILES string of the molecule is CCCCC(CN)NS(=O)(=O)c1c(C)cc(OC)cc1C. The van der Waals surface area contributed by atoms with Crippen molar-refractivity contribution in [2.45, 2.75) is 51.0 Å². The number of hydrogen-bond acceptors (Lipinski definition) is 4. The maximum absolute atomic E-state index is 12.6. The molecule has 0 bridgehead atoms. The number of nitrogens with two attached hydrogens (primary N) is 1. The lowest BCUT2D eigenvalue weighted by Crippen LogP contribution is -2.40. The molecule has 0 fully saturated rings. The normalized spacial score (nSPS) is 13.2. The monoisotopic (exact) mass is 314 g/mol. The van der Waals surface area contributed by atoms with Crippen LogP contribution in [0.4, 0.5) is 0 Å². The molecule has 0 saturated carbocycles. The summed E-state index contributed by atoms with van der Waals surface area (Å²) in [5, 5.41) is 0. The van der Waals surface area contributed by atoms with Crippen LogP contribution in [0.1, 0.15) is 37.3 Å². The van der Waals surface area contributed by atoms with Crippen LogP contribution in [0.25, 0.3) is 0 Å². The number of sulfonamides is 1. The molecule has 0 spiro atoms. The van der Waals surface area contributed by atoms with Gasteiger partial charge in [-0.3, -0.25) is 0 Å². The third kappa shape index (κ3) is 4.69.